The second-order valence-electron chi connectivity index (χ2n) is 7.05. The molecule has 1 unspecified atom stereocenters. The molecule has 1 aliphatic carbocycles. The lowest BCUT2D eigenvalue weighted by Crippen LogP contribution is -2.43. The summed E-state index contributed by atoms with van der Waals surface area (Å²) in [5, 5.41) is 14.9. The molecule has 0 aliphatic heterocycles. The number of benzene rings is 1. The smallest absolute Gasteiger partial charge is 0.192 e. The Balaban J connectivity index is 1.74. The second kappa shape index (κ2) is 8.45. The summed E-state index contributed by atoms with van der Waals surface area (Å²) in [6.07, 6.45) is 4.60. The molecule has 0 bridgehead atoms. The van der Waals surface area contributed by atoms with Crippen molar-refractivity contribution < 1.29 is 8.78 Å². The Labute approximate surface area is 158 Å². The summed E-state index contributed by atoms with van der Waals surface area (Å²) in [7, 11) is 1.90. The maximum absolute atomic E-state index is 13.6. The fourth-order valence-corrected chi connectivity index (χ4v) is 3.21. The number of hydrogen-bond acceptors (Lipinski definition) is 3. The molecule has 1 atom stereocenters. The fourth-order valence-electron chi connectivity index (χ4n) is 3.21. The molecule has 0 spiro atoms. The van der Waals surface area contributed by atoms with Crippen LogP contribution in [-0.4, -0.2) is 26.8 Å². The molecule has 0 amide bonds. The van der Waals surface area contributed by atoms with Crippen LogP contribution in [0.15, 0.2) is 23.2 Å². The highest BCUT2D eigenvalue weighted by Crippen LogP contribution is 2.19. The van der Waals surface area contributed by atoms with E-state index in [9.17, 15) is 8.78 Å². The molecule has 1 fully saturated rings. The lowest BCUT2D eigenvalue weighted by atomic mass is 10.1. The van der Waals surface area contributed by atoms with Crippen LogP contribution >= 0.6 is 0 Å². The predicted molar refractivity (Wildman–Crippen MR) is 100 cm³/mol. The molecule has 27 heavy (non-hydrogen) atoms. The van der Waals surface area contributed by atoms with E-state index in [4.69, 9.17) is 0 Å². The minimum atomic E-state index is -0.849. The largest absolute Gasteiger partial charge is 0.354 e. The number of nitrogens with zero attached hydrogens (tertiary/aromatic N) is 4. The van der Waals surface area contributed by atoms with E-state index in [0.717, 1.165) is 30.6 Å². The number of hydrogen-bond donors (Lipinski definition) is 2. The maximum atomic E-state index is 13.6. The van der Waals surface area contributed by atoms with Crippen molar-refractivity contribution in [3.05, 3.63) is 47.0 Å². The number of guanidine groups is 1. The molecule has 2 N–H and O–H groups in total. The van der Waals surface area contributed by atoms with Crippen molar-refractivity contribution in [1.29, 1.82) is 0 Å². The Morgan fingerprint density at radius 2 is 2.00 bits per heavy atom. The molecule has 3 rings (SSSR count). The third-order valence-corrected chi connectivity index (χ3v) is 5.05. The number of aliphatic imine (C=N–C) groups is 1. The van der Waals surface area contributed by atoms with Gasteiger partial charge in [-0.15, -0.1) is 10.2 Å². The Hall–Kier alpha value is -2.51. The zero-order valence-electron chi connectivity index (χ0n) is 16.0. The van der Waals surface area contributed by atoms with Gasteiger partial charge in [0.25, 0.3) is 0 Å². The number of nitrogens with one attached hydrogen (secondary N) is 2. The van der Waals surface area contributed by atoms with Crippen LogP contribution in [0.3, 0.4) is 0 Å². The number of halogens is 2. The van der Waals surface area contributed by atoms with Crippen molar-refractivity contribution in [3.63, 3.8) is 0 Å². The molecule has 1 saturated carbocycles. The van der Waals surface area contributed by atoms with Gasteiger partial charge in [-0.1, -0.05) is 18.9 Å². The summed E-state index contributed by atoms with van der Waals surface area (Å²) in [4.78, 5) is 4.64. The van der Waals surface area contributed by atoms with E-state index in [2.05, 4.69) is 25.8 Å². The second-order valence-corrected chi connectivity index (χ2v) is 7.05. The van der Waals surface area contributed by atoms with Gasteiger partial charge in [-0.25, -0.2) is 13.8 Å². The molecule has 0 saturated heterocycles. The molecular formula is C19H26F2N6. The van der Waals surface area contributed by atoms with Gasteiger partial charge in [0, 0.05) is 13.1 Å². The highest BCUT2D eigenvalue weighted by Gasteiger charge is 2.18. The fraction of sp³-hybridized carbons (Fsp3) is 0.526. The summed E-state index contributed by atoms with van der Waals surface area (Å²) in [5.41, 5.74) is 0.657. The molecule has 0 radical (unpaired) electrons. The average molecular weight is 376 g/mol. The van der Waals surface area contributed by atoms with E-state index >= 15 is 0 Å². The Kier molecular flexibility index (Phi) is 6.03. The molecule has 1 aromatic heterocycles. The number of aromatic nitrogens is 3. The molecule has 6 nitrogen and oxygen atoms in total. The standard InChI is InChI=1S/C19H26F2N6/c1-12(14-8-9-16(20)17(21)10-14)23-19(24-15-6-4-5-7-15)22-11-18-26-25-13(2)27(18)3/h8-10,12,15H,4-7,11H2,1-3H3,(H2,22,23,24). The van der Waals surface area contributed by atoms with Crippen LogP contribution in [0.4, 0.5) is 8.78 Å². The van der Waals surface area contributed by atoms with E-state index in [1.165, 1.54) is 18.9 Å². The first kappa shape index (κ1) is 19.3. The van der Waals surface area contributed by atoms with Crippen molar-refractivity contribution in [3.8, 4) is 0 Å². The topological polar surface area (TPSA) is 67.1 Å². The minimum Gasteiger partial charge on any atom is -0.354 e. The SMILES string of the molecule is Cc1nnc(CN=C(NC2CCCC2)NC(C)c2ccc(F)c(F)c2)n1C. The van der Waals surface area contributed by atoms with Crippen LogP contribution in [0.2, 0.25) is 0 Å². The predicted octanol–water partition coefficient (Wildman–Crippen LogP) is 3.14. The van der Waals surface area contributed by atoms with Crippen molar-refractivity contribution in [2.75, 3.05) is 0 Å². The summed E-state index contributed by atoms with van der Waals surface area (Å²) in [6, 6.07) is 4.08. The third kappa shape index (κ3) is 4.81. The van der Waals surface area contributed by atoms with Gasteiger partial charge in [0.05, 0.1) is 6.04 Å². The monoisotopic (exact) mass is 376 g/mol. The molecule has 2 aromatic rings. The van der Waals surface area contributed by atoms with Gasteiger partial charge in [0.15, 0.2) is 23.4 Å². The molecular weight excluding hydrogens is 350 g/mol. The summed E-state index contributed by atoms with van der Waals surface area (Å²) >= 11 is 0. The van der Waals surface area contributed by atoms with Crippen LogP contribution < -0.4 is 10.6 Å². The lowest BCUT2D eigenvalue weighted by molar-refractivity contribution is 0.504. The highest BCUT2D eigenvalue weighted by molar-refractivity contribution is 5.80. The van der Waals surface area contributed by atoms with Crippen molar-refractivity contribution >= 4 is 5.96 Å². The van der Waals surface area contributed by atoms with Gasteiger partial charge in [-0.3, -0.25) is 0 Å². The molecule has 8 heteroatoms. The van der Waals surface area contributed by atoms with Crippen LogP contribution in [0.25, 0.3) is 0 Å². The first-order valence-corrected chi connectivity index (χ1v) is 9.31. The number of aryl methyl sites for hydroxylation is 1. The molecule has 1 heterocycles. The first-order valence-electron chi connectivity index (χ1n) is 9.31. The summed E-state index contributed by atoms with van der Waals surface area (Å²) in [6.45, 7) is 4.16. The van der Waals surface area contributed by atoms with E-state index < -0.39 is 11.6 Å². The summed E-state index contributed by atoms with van der Waals surface area (Å²) < 4.78 is 28.6. The van der Waals surface area contributed by atoms with Gasteiger partial charge in [-0.05, 0) is 44.4 Å². The van der Waals surface area contributed by atoms with Gasteiger partial charge < -0.3 is 15.2 Å². The quantitative estimate of drug-likeness (QED) is 0.621. The normalized spacial score (nSPS) is 16.6. The Morgan fingerprint density at radius 1 is 1.26 bits per heavy atom. The van der Waals surface area contributed by atoms with Gasteiger partial charge >= 0.3 is 0 Å². The number of rotatable bonds is 5. The molecule has 1 aromatic carbocycles. The van der Waals surface area contributed by atoms with Crippen LogP contribution in [0.1, 0.15) is 55.9 Å². The average Bonchev–Trinajstić information content (AvgIpc) is 3.26. The van der Waals surface area contributed by atoms with Crippen molar-refractivity contribution in [2.45, 2.75) is 58.2 Å². The van der Waals surface area contributed by atoms with Gasteiger partial charge in [0.1, 0.15) is 12.4 Å². The minimum absolute atomic E-state index is 0.228. The van der Waals surface area contributed by atoms with Crippen molar-refractivity contribution in [1.82, 2.24) is 25.4 Å². The zero-order valence-corrected chi connectivity index (χ0v) is 16.0. The van der Waals surface area contributed by atoms with E-state index in [0.29, 0.717) is 24.1 Å². The van der Waals surface area contributed by atoms with E-state index in [-0.39, 0.29) is 6.04 Å². The Bertz CT molecular complexity index is 811. The van der Waals surface area contributed by atoms with Gasteiger partial charge in [-0.2, -0.15) is 0 Å². The van der Waals surface area contributed by atoms with E-state index in [1.54, 1.807) is 6.07 Å². The van der Waals surface area contributed by atoms with Crippen LogP contribution in [0.5, 0.6) is 0 Å². The zero-order chi connectivity index (χ0) is 19.4. The van der Waals surface area contributed by atoms with Gasteiger partial charge in [0.2, 0.25) is 0 Å². The van der Waals surface area contributed by atoms with E-state index in [1.807, 2.05) is 25.5 Å². The Morgan fingerprint density at radius 3 is 2.63 bits per heavy atom. The molecule has 1 aliphatic rings. The van der Waals surface area contributed by atoms with Crippen LogP contribution in [0, 0.1) is 18.6 Å². The lowest BCUT2D eigenvalue weighted by Gasteiger charge is -2.22. The summed E-state index contributed by atoms with van der Waals surface area (Å²) in [5.74, 6) is 0.536. The van der Waals surface area contributed by atoms with Crippen LogP contribution in [-0.2, 0) is 13.6 Å². The first-order chi connectivity index (χ1) is 12.9. The van der Waals surface area contributed by atoms with Crippen molar-refractivity contribution in [2.24, 2.45) is 12.0 Å². The molecule has 146 valence electrons. The highest BCUT2D eigenvalue weighted by atomic mass is 19.2. The maximum Gasteiger partial charge on any atom is 0.192 e. The third-order valence-electron chi connectivity index (χ3n) is 5.05.